The van der Waals surface area contributed by atoms with E-state index in [1.165, 1.54) is 12.3 Å². The molecular formula is C18H22N2O3. The summed E-state index contributed by atoms with van der Waals surface area (Å²) in [5.41, 5.74) is 2.45. The van der Waals surface area contributed by atoms with E-state index in [9.17, 15) is 14.7 Å². The minimum absolute atomic E-state index is 0.0239. The van der Waals surface area contributed by atoms with E-state index in [1.807, 2.05) is 32.0 Å². The summed E-state index contributed by atoms with van der Waals surface area (Å²) in [6.07, 6.45) is 4.90. The summed E-state index contributed by atoms with van der Waals surface area (Å²) in [6.45, 7) is 6.29. The van der Waals surface area contributed by atoms with Gasteiger partial charge in [-0.15, -0.1) is 0 Å². The zero-order valence-corrected chi connectivity index (χ0v) is 13.7. The highest BCUT2D eigenvalue weighted by molar-refractivity contribution is 5.93. The molecule has 0 bridgehead atoms. The maximum atomic E-state index is 11.7. The molecule has 2 aromatic rings. The molecule has 1 aliphatic rings. The quantitative estimate of drug-likeness (QED) is 0.880. The lowest BCUT2D eigenvalue weighted by molar-refractivity contribution is -0.116. The maximum Gasteiger partial charge on any atom is 0.223 e. The van der Waals surface area contributed by atoms with Crippen LogP contribution in [0.25, 0.3) is 5.69 Å². The Morgan fingerprint density at radius 2 is 1.96 bits per heavy atom. The van der Waals surface area contributed by atoms with Gasteiger partial charge < -0.3 is 14.6 Å². The molecule has 0 aliphatic carbocycles. The fourth-order valence-corrected chi connectivity index (χ4v) is 2.68. The molecule has 23 heavy (non-hydrogen) atoms. The predicted octanol–water partition coefficient (Wildman–Crippen LogP) is 2.87. The molecule has 5 nitrogen and oxygen atoms in total. The van der Waals surface area contributed by atoms with Crippen LogP contribution in [-0.4, -0.2) is 22.1 Å². The van der Waals surface area contributed by atoms with Gasteiger partial charge in [0.15, 0.2) is 5.75 Å². The number of pyridine rings is 1. The number of carbonyl (C=O) groups excluding carboxylic acids is 1. The average Bonchev–Trinajstić information content (AvgIpc) is 2.58. The second-order valence-corrected chi connectivity index (χ2v) is 5.19. The van der Waals surface area contributed by atoms with Crippen LogP contribution in [0.15, 0.2) is 41.5 Å². The maximum absolute atomic E-state index is 11.7. The third-order valence-corrected chi connectivity index (χ3v) is 3.77. The molecule has 1 aromatic carbocycles. The molecule has 3 rings (SSSR count). The first-order valence-corrected chi connectivity index (χ1v) is 7.89. The summed E-state index contributed by atoms with van der Waals surface area (Å²) < 4.78 is 1.67. The summed E-state index contributed by atoms with van der Waals surface area (Å²) in [5.74, 6) is -0.269. The van der Waals surface area contributed by atoms with Gasteiger partial charge in [-0.3, -0.25) is 9.59 Å². The van der Waals surface area contributed by atoms with Crippen molar-refractivity contribution in [3.63, 3.8) is 0 Å². The molecule has 5 heteroatoms. The van der Waals surface area contributed by atoms with Crippen LogP contribution in [0.1, 0.15) is 32.8 Å². The summed E-state index contributed by atoms with van der Waals surface area (Å²) in [5, 5.41) is 9.54. The van der Waals surface area contributed by atoms with Crippen molar-refractivity contribution in [3.05, 3.63) is 52.4 Å². The van der Waals surface area contributed by atoms with Crippen LogP contribution in [0.2, 0.25) is 0 Å². The van der Waals surface area contributed by atoms with Gasteiger partial charge in [0, 0.05) is 37.1 Å². The van der Waals surface area contributed by atoms with Gasteiger partial charge in [-0.1, -0.05) is 19.9 Å². The molecular weight excluding hydrogens is 292 g/mol. The van der Waals surface area contributed by atoms with Gasteiger partial charge in [-0.2, -0.15) is 0 Å². The minimum atomic E-state index is -0.408. The fourth-order valence-electron chi connectivity index (χ4n) is 2.68. The lowest BCUT2D eigenvalue weighted by atomic mass is 10.0. The second kappa shape index (κ2) is 7.13. The van der Waals surface area contributed by atoms with Crippen LogP contribution in [0.4, 0.5) is 5.69 Å². The number of nitrogens with zero attached hydrogens (tertiary/aromatic N) is 2. The fraction of sp³-hybridized carbons (Fsp3) is 0.333. The van der Waals surface area contributed by atoms with E-state index in [0.717, 1.165) is 36.3 Å². The Balaban J connectivity index is 0.000000924. The molecule has 0 atom stereocenters. The van der Waals surface area contributed by atoms with Crippen LogP contribution >= 0.6 is 0 Å². The van der Waals surface area contributed by atoms with Crippen molar-refractivity contribution in [1.29, 1.82) is 0 Å². The molecule has 2 heterocycles. The van der Waals surface area contributed by atoms with Crippen LogP contribution in [0.3, 0.4) is 0 Å². The Morgan fingerprint density at radius 3 is 2.61 bits per heavy atom. The van der Waals surface area contributed by atoms with Crippen LogP contribution in [0, 0.1) is 0 Å². The molecule has 1 N–H and O–H groups in total. The Hall–Kier alpha value is -2.56. The Bertz CT molecular complexity index is 765. The number of amides is 1. The number of hydrogen-bond acceptors (Lipinski definition) is 3. The van der Waals surface area contributed by atoms with Gasteiger partial charge in [-0.05, 0) is 30.5 Å². The van der Waals surface area contributed by atoms with Crippen molar-refractivity contribution in [2.45, 2.75) is 33.6 Å². The third kappa shape index (κ3) is 3.44. The number of anilines is 1. The number of benzene rings is 1. The summed E-state index contributed by atoms with van der Waals surface area (Å²) >= 11 is 0. The van der Waals surface area contributed by atoms with Gasteiger partial charge in [0.2, 0.25) is 11.3 Å². The normalized spacial score (nSPS) is 12.9. The van der Waals surface area contributed by atoms with Crippen molar-refractivity contribution < 1.29 is 9.90 Å². The number of carbonyl (C=O) groups is 1. The SMILES string of the molecule is CC.CC(=O)N1CCCc2ccc(-n3ccc(=O)c(O)c3)cc21. The molecule has 122 valence electrons. The van der Waals surface area contributed by atoms with E-state index in [1.54, 1.807) is 22.6 Å². The highest BCUT2D eigenvalue weighted by Crippen LogP contribution is 2.29. The van der Waals surface area contributed by atoms with E-state index in [4.69, 9.17) is 0 Å². The minimum Gasteiger partial charge on any atom is -0.503 e. The third-order valence-electron chi connectivity index (χ3n) is 3.77. The van der Waals surface area contributed by atoms with Crippen molar-refractivity contribution >= 4 is 11.6 Å². The van der Waals surface area contributed by atoms with E-state index in [2.05, 4.69) is 0 Å². The van der Waals surface area contributed by atoms with Gasteiger partial charge in [-0.25, -0.2) is 0 Å². The van der Waals surface area contributed by atoms with Crippen molar-refractivity contribution in [3.8, 4) is 11.4 Å². The zero-order valence-electron chi connectivity index (χ0n) is 13.7. The van der Waals surface area contributed by atoms with E-state index in [-0.39, 0.29) is 11.7 Å². The smallest absolute Gasteiger partial charge is 0.223 e. The number of aromatic hydroxyl groups is 1. The molecule has 1 amide bonds. The zero-order chi connectivity index (χ0) is 17.0. The monoisotopic (exact) mass is 314 g/mol. The van der Waals surface area contributed by atoms with Crippen molar-refractivity contribution in [1.82, 2.24) is 4.57 Å². The van der Waals surface area contributed by atoms with Crippen LogP contribution in [0.5, 0.6) is 5.75 Å². The molecule has 0 spiro atoms. The van der Waals surface area contributed by atoms with Crippen LogP contribution < -0.4 is 10.3 Å². The summed E-state index contributed by atoms with van der Waals surface area (Å²) in [7, 11) is 0. The highest BCUT2D eigenvalue weighted by Gasteiger charge is 2.20. The molecule has 0 saturated heterocycles. The molecule has 0 unspecified atom stereocenters. The standard InChI is InChI=1S/C16H16N2O3.C2H6/c1-11(19)18-7-2-3-12-4-5-13(9-14(12)18)17-8-6-15(20)16(21)10-17;1-2/h4-6,8-10,21H,2-3,7H2,1H3;1-2H3. The average molecular weight is 314 g/mol. The van der Waals surface area contributed by atoms with Gasteiger partial charge >= 0.3 is 0 Å². The largest absolute Gasteiger partial charge is 0.503 e. The molecule has 1 aromatic heterocycles. The van der Waals surface area contributed by atoms with E-state index in [0.29, 0.717) is 0 Å². The van der Waals surface area contributed by atoms with Gasteiger partial charge in [0.05, 0.1) is 6.20 Å². The lowest BCUT2D eigenvalue weighted by Crippen LogP contribution is -2.33. The summed E-state index contributed by atoms with van der Waals surface area (Å²) in [6, 6.07) is 7.15. The van der Waals surface area contributed by atoms with Gasteiger partial charge in [0.25, 0.3) is 0 Å². The first-order chi connectivity index (χ1) is 11.1. The Kier molecular flexibility index (Phi) is 5.21. The number of fused-ring (bicyclic) bond motifs is 1. The predicted molar refractivity (Wildman–Crippen MR) is 91.4 cm³/mol. The number of hydrogen-bond donors (Lipinski definition) is 1. The number of aromatic nitrogens is 1. The molecule has 1 aliphatic heterocycles. The lowest BCUT2D eigenvalue weighted by Gasteiger charge is -2.29. The van der Waals surface area contributed by atoms with E-state index >= 15 is 0 Å². The highest BCUT2D eigenvalue weighted by atomic mass is 16.3. The van der Waals surface area contributed by atoms with Crippen molar-refractivity contribution in [2.75, 3.05) is 11.4 Å². The Morgan fingerprint density at radius 1 is 1.22 bits per heavy atom. The van der Waals surface area contributed by atoms with E-state index < -0.39 is 5.43 Å². The van der Waals surface area contributed by atoms with Crippen LogP contribution in [-0.2, 0) is 11.2 Å². The van der Waals surface area contributed by atoms with Crippen molar-refractivity contribution in [2.24, 2.45) is 0 Å². The molecule has 0 saturated carbocycles. The Labute approximate surface area is 135 Å². The first kappa shape index (κ1) is 16.8. The summed E-state index contributed by atoms with van der Waals surface area (Å²) in [4.78, 5) is 24.8. The first-order valence-electron chi connectivity index (χ1n) is 7.89. The number of rotatable bonds is 1. The topological polar surface area (TPSA) is 62.5 Å². The molecule has 0 fully saturated rings. The second-order valence-electron chi connectivity index (χ2n) is 5.19. The number of aryl methyl sites for hydroxylation is 1. The van der Waals surface area contributed by atoms with Gasteiger partial charge in [0.1, 0.15) is 0 Å². The molecule has 0 radical (unpaired) electrons.